The highest BCUT2D eigenvalue weighted by molar-refractivity contribution is 6.10. The molecule has 0 bridgehead atoms. The molecule has 2 aromatic rings. The zero-order valence-corrected chi connectivity index (χ0v) is 19.1. The Morgan fingerprint density at radius 1 is 1.12 bits per heavy atom. The van der Waals surface area contributed by atoms with E-state index in [4.69, 9.17) is 5.73 Å². The summed E-state index contributed by atoms with van der Waals surface area (Å²) in [6.07, 6.45) is 9.19. The molecule has 1 amide bonds. The van der Waals surface area contributed by atoms with Crippen LogP contribution >= 0.6 is 0 Å². The average Bonchev–Trinajstić information content (AvgIpc) is 2.82. The lowest BCUT2D eigenvalue weighted by molar-refractivity contribution is -0.121. The van der Waals surface area contributed by atoms with Crippen LogP contribution in [-0.4, -0.2) is 73.2 Å². The van der Waals surface area contributed by atoms with Crippen LogP contribution < -0.4 is 11.1 Å². The lowest BCUT2D eigenvalue weighted by Gasteiger charge is -2.40. The van der Waals surface area contributed by atoms with Crippen LogP contribution in [0.4, 0.5) is 5.82 Å². The molecule has 0 unspecified atom stereocenters. The molecule has 2 fully saturated rings. The van der Waals surface area contributed by atoms with Crippen molar-refractivity contribution < 1.29 is 4.79 Å². The number of aromatic nitrogens is 1. The van der Waals surface area contributed by atoms with Crippen molar-refractivity contribution in [2.24, 2.45) is 16.6 Å². The van der Waals surface area contributed by atoms with Crippen molar-refractivity contribution in [3.8, 4) is 0 Å². The van der Waals surface area contributed by atoms with Crippen molar-refractivity contribution >= 4 is 34.3 Å². The molecule has 2 heterocycles. The van der Waals surface area contributed by atoms with Crippen LogP contribution in [-0.2, 0) is 4.79 Å². The highest BCUT2D eigenvalue weighted by atomic mass is 16.1. The maximum absolute atomic E-state index is 12.9. The fraction of sp³-hybridized carbons (Fsp3) is 0.480. The molecule has 2 aliphatic rings. The molecular formula is C25H34N6O. The summed E-state index contributed by atoms with van der Waals surface area (Å²) in [4.78, 5) is 26.4. The van der Waals surface area contributed by atoms with Crippen molar-refractivity contribution in [3.05, 3.63) is 42.2 Å². The monoisotopic (exact) mass is 434 g/mol. The van der Waals surface area contributed by atoms with Gasteiger partial charge in [0.1, 0.15) is 5.82 Å². The Kier molecular flexibility index (Phi) is 7.17. The number of hydrogen-bond donors (Lipinski definition) is 2. The Hall–Kier alpha value is -2.77. The molecule has 170 valence electrons. The Bertz CT molecular complexity index is 1000. The number of nitrogens with zero attached hydrogens (tertiary/aromatic N) is 4. The third-order valence-electron chi connectivity index (χ3n) is 6.88. The second kappa shape index (κ2) is 10.2. The minimum Gasteiger partial charge on any atom is -0.404 e. The van der Waals surface area contributed by atoms with Gasteiger partial charge in [-0.2, -0.15) is 0 Å². The lowest BCUT2D eigenvalue weighted by Crippen LogP contribution is -2.50. The molecule has 1 aromatic heterocycles. The first kappa shape index (κ1) is 22.4. The van der Waals surface area contributed by atoms with Gasteiger partial charge in [0.2, 0.25) is 5.91 Å². The van der Waals surface area contributed by atoms with Gasteiger partial charge in [0, 0.05) is 74.8 Å². The van der Waals surface area contributed by atoms with Gasteiger partial charge in [-0.15, -0.1) is 0 Å². The third-order valence-corrected chi connectivity index (χ3v) is 6.88. The normalized spacial score (nSPS) is 23.6. The van der Waals surface area contributed by atoms with Gasteiger partial charge in [-0.3, -0.25) is 14.7 Å². The number of allylic oxidation sites excluding steroid dienone is 1. The SMILES string of the molecule is CN=CC(=CN)c1ccc2cnc(NC(=O)C3CCC(N4CCN(C)CC4)CC3)cc2c1. The molecule has 1 saturated carbocycles. The molecule has 1 aliphatic heterocycles. The van der Waals surface area contributed by atoms with Gasteiger partial charge in [0.25, 0.3) is 0 Å². The highest BCUT2D eigenvalue weighted by Crippen LogP contribution is 2.29. The standard InChI is InChI=1S/C25H34N6O/c1-27-16-22(15-26)19-3-4-20-17-28-24(14-21(20)13-19)29-25(32)18-5-7-23(8-6-18)31-11-9-30(2)10-12-31/h3-4,13-18,23H,5-12,26H2,1-2H3,(H,28,29,32). The molecule has 1 aliphatic carbocycles. The van der Waals surface area contributed by atoms with Crippen LogP contribution in [0, 0.1) is 5.92 Å². The summed E-state index contributed by atoms with van der Waals surface area (Å²) in [5.74, 6) is 0.754. The number of fused-ring (bicyclic) bond motifs is 1. The summed E-state index contributed by atoms with van der Waals surface area (Å²) >= 11 is 0. The van der Waals surface area contributed by atoms with E-state index in [1.54, 1.807) is 25.7 Å². The second-order valence-electron chi connectivity index (χ2n) is 8.97. The molecule has 4 rings (SSSR count). The van der Waals surface area contributed by atoms with E-state index in [2.05, 4.69) is 32.1 Å². The number of aliphatic imine (C=N–C) groups is 1. The zero-order valence-electron chi connectivity index (χ0n) is 19.1. The van der Waals surface area contributed by atoms with Crippen LogP contribution in [0.25, 0.3) is 16.3 Å². The number of benzene rings is 1. The first-order valence-electron chi connectivity index (χ1n) is 11.5. The van der Waals surface area contributed by atoms with Crippen molar-refractivity contribution in [3.63, 3.8) is 0 Å². The molecule has 0 spiro atoms. The minimum absolute atomic E-state index is 0.0649. The largest absolute Gasteiger partial charge is 0.404 e. The minimum atomic E-state index is 0.0649. The van der Waals surface area contributed by atoms with E-state index in [9.17, 15) is 4.79 Å². The van der Waals surface area contributed by atoms with Crippen LogP contribution in [0.1, 0.15) is 31.2 Å². The molecule has 0 atom stereocenters. The van der Waals surface area contributed by atoms with Gasteiger partial charge in [-0.1, -0.05) is 12.1 Å². The Labute approximate surface area is 190 Å². The second-order valence-corrected chi connectivity index (χ2v) is 8.97. The van der Waals surface area contributed by atoms with Gasteiger partial charge in [0.05, 0.1) is 0 Å². The molecule has 1 saturated heterocycles. The number of carbonyl (C=O) groups is 1. The summed E-state index contributed by atoms with van der Waals surface area (Å²) in [5, 5.41) is 5.08. The summed E-state index contributed by atoms with van der Waals surface area (Å²) in [7, 11) is 3.91. The predicted molar refractivity (Wildman–Crippen MR) is 132 cm³/mol. The van der Waals surface area contributed by atoms with Gasteiger partial charge in [-0.25, -0.2) is 4.98 Å². The predicted octanol–water partition coefficient (Wildman–Crippen LogP) is 2.98. The topological polar surface area (TPSA) is 86.8 Å². The van der Waals surface area contributed by atoms with Gasteiger partial charge in [0.15, 0.2) is 0 Å². The maximum Gasteiger partial charge on any atom is 0.228 e. The van der Waals surface area contributed by atoms with Crippen LogP contribution in [0.3, 0.4) is 0 Å². The fourth-order valence-electron chi connectivity index (χ4n) is 4.86. The van der Waals surface area contributed by atoms with Crippen molar-refractivity contribution in [2.75, 3.05) is 45.6 Å². The number of piperazine rings is 1. The van der Waals surface area contributed by atoms with E-state index in [0.717, 1.165) is 73.8 Å². The van der Waals surface area contributed by atoms with E-state index in [0.29, 0.717) is 11.9 Å². The molecule has 7 heteroatoms. The zero-order chi connectivity index (χ0) is 22.5. The van der Waals surface area contributed by atoms with E-state index >= 15 is 0 Å². The van der Waals surface area contributed by atoms with Crippen LogP contribution in [0.2, 0.25) is 0 Å². The quantitative estimate of drug-likeness (QED) is 0.707. The first-order chi connectivity index (χ1) is 15.6. The summed E-state index contributed by atoms with van der Waals surface area (Å²) < 4.78 is 0. The van der Waals surface area contributed by atoms with E-state index in [1.165, 1.54) is 0 Å². The van der Waals surface area contributed by atoms with Crippen molar-refractivity contribution in [2.45, 2.75) is 31.7 Å². The molecule has 7 nitrogen and oxygen atoms in total. The third kappa shape index (κ3) is 5.16. The van der Waals surface area contributed by atoms with Crippen molar-refractivity contribution in [1.82, 2.24) is 14.8 Å². The van der Waals surface area contributed by atoms with Crippen LogP contribution in [0.5, 0.6) is 0 Å². The maximum atomic E-state index is 12.9. The van der Waals surface area contributed by atoms with Crippen molar-refractivity contribution in [1.29, 1.82) is 0 Å². The summed E-state index contributed by atoms with van der Waals surface area (Å²) in [6.45, 7) is 4.57. The summed E-state index contributed by atoms with van der Waals surface area (Å²) in [6, 6.07) is 8.62. The number of pyridine rings is 1. The van der Waals surface area contributed by atoms with Gasteiger partial charge < -0.3 is 16.0 Å². The highest BCUT2D eigenvalue weighted by Gasteiger charge is 2.30. The van der Waals surface area contributed by atoms with Crippen LogP contribution in [0.15, 0.2) is 41.7 Å². The molecule has 3 N–H and O–H groups in total. The number of carbonyl (C=O) groups excluding carboxylic acids is 1. The Morgan fingerprint density at radius 3 is 2.56 bits per heavy atom. The summed E-state index contributed by atoms with van der Waals surface area (Å²) in [5.41, 5.74) is 7.59. The van der Waals surface area contributed by atoms with E-state index < -0.39 is 0 Å². The molecular weight excluding hydrogens is 400 g/mol. The van der Waals surface area contributed by atoms with E-state index in [-0.39, 0.29) is 11.8 Å². The number of nitrogens with two attached hydrogens (primary N) is 1. The number of likely N-dealkylation sites (N-methyl/N-ethyl adjacent to an activating group) is 1. The first-order valence-corrected chi connectivity index (χ1v) is 11.5. The Balaban J connectivity index is 1.38. The molecule has 0 radical (unpaired) electrons. The number of amides is 1. The van der Waals surface area contributed by atoms with Gasteiger partial charge in [-0.05, 0) is 55.8 Å². The number of hydrogen-bond acceptors (Lipinski definition) is 6. The smallest absolute Gasteiger partial charge is 0.228 e. The number of nitrogens with one attached hydrogen (secondary N) is 1. The molecule has 32 heavy (non-hydrogen) atoms. The molecule has 1 aromatic carbocycles. The Morgan fingerprint density at radius 2 is 1.88 bits per heavy atom. The van der Waals surface area contributed by atoms with E-state index in [1.807, 2.05) is 24.3 Å². The lowest BCUT2D eigenvalue weighted by atomic mass is 9.84. The number of anilines is 1. The van der Waals surface area contributed by atoms with Gasteiger partial charge >= 0.3 is 0 Å². The average molecular weight is 435 g/mol. The number of rotatable bonds is 5. The fourth-order valence-corrected chi connectivity index (χ4v) is 4.86.